The number of benzene rings is 2. The normalized spacial score (nSPS) is 11.0. The summed E-state index contributed by atoms with van der Waals surface area (Å²) in [5.41, 5.74) is 1.00. The number of hydrogen-bond donors (Lipinski definition) is 0. The summed E-state index contributed by atoms with van der Waals surface area (Å²) in [5, 5.41) is 1.02. The molecule has 0 bridgehead atoms. The fraction of sp³-hybridized carbons (Fsp3) is 0.250. The Bertz CT molecular complexity index is 1070. The molecule has 1 heterocycles. The highest BCUT2D eigenvalue weighted by molar-refractivity contribution is 9.10. The number of nitrogens with zero attached hydrogens (tertiary/aromatic N) is 2. The molecule has 1 aromatic heterocycles. The molecule has 0 unspecified atom stereocenters. The minimum Gasteiger partial charge on any atom is -0.497 e. The quantitative estimate of drug-likeness (QED) is 0.288. The Hall–Kier alpha value is -2.16. The number of thioether (sulfide) groups is 1. The number of Topliss-reactive ketones (excluding diaryl/α,β-unsaturated/α-hetero) is 1. The summed E-state index contributed by atoms with van der Waals surface area (Å²) in [5.74, 6) is 0.726. The number of methoxy groups -OCH3 is 2. The zero-order valence-corrected chi connectivity index (χ0v) is 17.9. The number of aromatic nitrogens is 2. The summed E-state index contributed by atoms with van der Waals surface area (Å²) in [6, 6.07) is 12.4. The Morgan fingerprint density at radius 3 is 2.79 bits per heavy atom. The molecule has 2 aromatic carbocycles. The van der Waals surface area contributed by atoms with Gasteiger partial charge in [-0.3, -0.25) is 14.2 Å². The van der Waals surface area contributed by atoms with Crippen molar-refractivity contribution in [1.82, 2.24) is 9.55 Å². The van der Waals surface area contributed by atoms with Crippen LogP contribution in [-0.2, 0) is 11.3 Å². The first kappa shape index (κ1) is 20.6. The molecule has 0 spiro atoms. The second-order valence-corrected chi connectivity index (χ2v) is 7.81. The Morgan fingerprint density at radius 1 is 1.21 bits per heavy atom. The van der Waals surface area contributed by atoms with Crippen LogP contribution < -0.4 is 10.3 Å². The Balaban J connectivity index is 1.91. The maximum atomic E-state index is 12.9. The Morgan fingerprint density at radius 2 is 2.04 bits per heavy atom. The number of hydrogen-bond acceptors (Lipinski definition) is 6. The highest BCUT2D eigenvalue weighted by Gasteiger charge is 2.15. The second kappa shape index (κ2) is 9.36. The second-order valence-electron chi connectivity index (χ2n) is 5.95. The van der Waals surface area contributed by atoms with Gasteiger partial charge in [-0.25, -0.2) is 4.98 Å². The summed E-state index contributed by atoms with van der Waals surface area (Å²) < 4.78 is 12.7. The van der Waals surface area contributed by atoms with Crippen LogP contribution in [0.4, 0.5) is 0 Å². The van der Waals surface area contributed by atoms with Gasteiger partial charge in [0, 0.05) is 17.1 Å². The predicted octanol–water partition coefficient (Wildman–Crippen LogP) is 3.79. The first-order valence-corrected chi connectivity index (χ1v) is 10.3. The van der Waals surface area contributed by atoms with Gasteiger partial charge in [-0.1, -0.05) is 39.8 Å². The molecule has 0 atom stereocenters. The minimum absolute atomic E-state index is 0.0626. The van der Waals surface area contributed by atoms with Crippen molar-refractivity contribution in [2.24, 2.45) is 0 Å². The lowest BCUT2D eigenvalue weighted by atomic mass is 10.1. The van der Waals surface area contributed by atoms with Crippen molar-refractivity contribution in [2.45, 2.75) is 11.7 Å². The van der Waals surface area contributed by atoms with Gasteiger partial charge in [-0.15, -0.1) is 0 Å². The molecule has 3 rings (SSSR count). The van der Waals surface area contributed by atoms with Crippen LogP contribution in [0.5, 0.6) is 5.75 Å². The van der Waals surface area contributed by atoms with Crippen LogP contribution in [-0.4, -0.2) is 41.9 Å². The van der Waals surface area contributed by atoms with E-state index in [1.807, 2.05) is 6.07 Å². The maximum absolute atomic E-state index is 12.9. The standard InChI is InChI=1S/C20H19BrN2O4S/c1-26-9-8-23-19(25)16-11-14(21)6-7-17(16)22-20(23)28-12-18(24)13-4-3-5-15(10-13)27-2/h3-7,10-11H,8-9,12H2,1-2H3. The maximum Gasteiger partial charge on any atom is 0.262 e. The first-order chi connectivity index (χ1) is 13.5. The summed E-state index contributed by atoms with van der Waals surface area (Å²) in [7, 11) is 3.14. The van der Waals surface area contributed by atoms with Crippen LogP contribution in [0, 0.1) is 0 Å². The summed E-state index contributed by atoms with van der Waals surface area (Å²) in [6.07, 6.45) is 0. The van der Waals surface area contributed by atoms with Gasteiger partial charge in [-0.2, -0.15) is 0 Å². The predicted molar refractivity (Wildman–Crippen MR) is 114 cm³/mol. The van der Waals surface area contributed by atoms with Crippen molar-refractivity contribution >= 4 is 44.4 Å². The first-order valence-electron chi connectivity index (χ1n) is 8.52. The van der Waals surface area contributed by atoms with Crippen molar-refractivity contribution in [3.8, 4) is 5.75 Å². The van der Waals surface area contributed by atoms with Gasteiger partial charge >= 0.3 is 0 Å². The van der Waals surface area contributed by atoms with E-state index in [0.717, 1.165) is 4.47 Å². The monoisotopic (exact) mass is 462 g/mol. The van der Waals surface area contributed by atoms with E-state index in [2.05, 4.69) is 20.9 Å². The Kier molecular flexibility index (Phi) is 6.88. The SMILES string of the molecule is COCCn1c(SCC(=O)c2cccc(OC)c2)nc2ccc(Br)cc2c1=O. The van der Waals surface area contributed by atoms with Crippen molar-refractivity contribution in [3.63, 3.8) is 0 Å². The van der Waals surface area contributed by atoms with Crippen LogP contribution in [0.25, 0.3) is 10.9 Å². The van der Waals surface area contributed by atoms with Crippen molar-refractivity contribution < 1.29 is 14.3 Å². The van der Waals surface area contributed by atoms with E-state index in [9.17, 15) is 9.59 Å². The molecule has 0 radical (unpaired) electrons. The fourth-order valence-corrected chi connectivity index (χ4v) is 3.95. The number of carbonyl (C=O) groups is 1. The lowest BCUT2D eigenvalue weighted by molar-refractivity contribution is 0.102. The van der Waals surface area contributed by atoms with Crippen molar-refractivity contribution in [2.75, 3.05) is 26.6 Å². The molecule has 0 N–H and O–H groups in total. The van der Waals surface area contributed by atoms with Gasteiger partial charge in [-0.05, 0) is 30.3 Å². The van der Waals surface area contributed by atoms with E-state index in [4.69, 9.17) is 9.47 Å². The molecule has 0 fully saturated rings. The molecule has 28 heavy (non-hydrogen) atoms. The molecular formula is C20H19BrN2O4S. The summed E-state index contributed by atoms with van der Waals surface area (Å²) >= 11 is 4.63. The third kappa shape index (κ3) is 4.63. The average molecular weight is 463 g/mol. The lowest BCUT2D eigenvalue weighted by Gasteiger charge is -2.13. The topological polar surface area (TPSA) is 70.4 Å². The lowest BCUT2D eigenvalue weighted by Crippen LogP contribution is -2.25. The number of carbonyl (C=O) groups excluding carboxylic acids is 1. The molecule has 6 nitrogen and oxygen atoms in total. The van der Waals surface area contributed by atoms with E-state index in [0.29, 0.717) is 40.5 Å². The van der Waals surface area contributed by atoms with Gasteiger partial charge in [0.1, 0.15) is 5.75 Å². The molecular weight excluding hydrogens is 444 g/mol. The largest absolute Gasteiger partial charge is 0.497 e. The molecule has 0 aliphatic rings. The number of rotatable bonds is 8. The van der Waals surface area contributed by atoms with Gasteiger partial charge in [0.2, 0.25) is 0 Å². The minimum atomic E-state index is -0.153. The van der Waals surface area contributed by atoms with Crippen molar-refractivity contribution in [3.05, 3.63) is 62.9 Å². The molecule has 0 saturated carbocycles. The molecule has 3 aromatic rings. The molecule has 0 aliphatic heterocycles. The molecule has 0 amide bonds. The van der Waals surface area contributed by atoms with Crippen LogP contribution >= 0.6 is 27.7 Å². The summed E-state index contributed by atoms with van der Waals surface area (Å²) in [6.45, 7) is 0.735. The average Bonchev–Trinajstić information content (AvgIpc) is 2.72. The smallest absolute Gasteiger partial charge is 0.262 e. The third-order valence-corrected chi connectivity index (χ3v) is 5.59. The van der Waals surface area contributed by atoms with Crippen LogP contribution in [0.3, 0.4) is 0 Å². The Labute approximate surface area is 175 Å². The van der Waals surface area contributed by atoms with Crippen LogP contribution in [0.1, 0.15) is 10.4 Å². The van der Waals surface area contributed by atoms with E-state index >= 15 is 0 Å². The van der Waals surface area contributed by atoms with Crippen LogP contribution in [0.15, 0.2) is 56.9 Å². The number of ether oxygens (including phenoxy) is 2. The molecule has 0 saturated heterocycles. The third-order valence-electron chi connectivity index (χ3n) is 4.12. The zero-order chi connectivity index (χ0) is 20.1. The highest BCUT2D eigenvalue weighted by Crippen LogP contribution is 2.22. The number of fused-ring (bicyclic) bond motifs is 1. The summed E-state index contributed by atoms with van der Waals surface area (Å²) in [4.78, 5) is 30.1. The van der Waals surface area contributed by atoms with Crippen LogP contribution in [0.2, 0.25) is 0 Å². The van der Waals surface area contributed by atoms with E-state index in [1.54, 1.807) is 55.2 Å². The van der Waals surface area contributed by atoms with Gasteiger partial charge < -0.3 is 9.47 Å². The van der Waals surface area contributed by atoms with E-state index < -0.39 is 0 Å². The number of halogens is 1. The van der Waals surface area contributed by atoms with Gasteiger partial charge in [0.05, 0.1) is 36.9 Å². The zero-order valence-electron chi connectivity index (χ0n) is 15.5. The van der Waals surface area contributed by atoms with E-state index in [1.165, 1.54) is 11.8 Å². The van der Waals surface area contributed by atoms with E-state index in [-0.39, 0.29) is 17.1 Å². The molecule has 0 aliphatic carbocycles. The fourth-order valence-electron chi connectivity index (χ4n) is 2.67. The number of ketones is 1. The van der Waals surface area contributed by atoms with Gasteiger partial charge in [0.25, 0.3) is 5.56 Å². The molecule has 8 heteroatoms. The highest BCUT2D eigenvalue weighted by atomic mass is 79.9. The van der Waals surface area contributed by atoms with Crippen molar-refractivity contribution in [1.29, 1.82) is 0 Å². The molecule has 146 valence electrons. The van der Waals surface area contributed by atoms with Gasteiger partial charge in [0.15, 0.2) is 10.9 Å².